The number of nitrogens with zero attached hydrogens (tertiary/aromatic N) is 1. The van der Waals surface area contributed by atoms with Gasteiger partial charge in [0.2, 0.25) is 0 Å². The molecule has 0 N–H and O–H groups in total. The fourth-order valence-electron chi connectivity index (χ4n) is 1.67. The lowest BCUT2D eigenvalue weighted by Gasteiger charge is -2.29. The third-order valence-electron chi connectivity index (χ3n) is 2.46. The molecule has 2 rings (SSSR count). The van der Waals surface area contributed by atoms with E-state index in [2.05, 4.69) is 23.4 Å². The van der Waals surface area contributed by atoms with E-state index in [0.29, 0.717) is 0 Å². The molecule has 1 atom stereocenters. The van der Waals surface area contributed by atoms with Crippen molar-refractivity contribution in [1.29, 1.82) is 0 Å². The van der Waals surface area contributed by atoms with Crippen LogP contribution in [0.4, 0.5) is 0 Å². The smallest absolute Gasteiger partial charge is 0.128 e. The molecule has 1 aromatic carbocycles. The molecule has 1 heterocycles. The molecule has 0 spiro atoms. The van der Waals surface area contributed by atoms with Crippen molar-refractivity contribution in [3.63, 3.8) is 0 Å². The molecule has 0 bridgehead atoms. The molecule has 2 nitrogen and oxygen atoms in total. The maximum absolute atomic E-state index is 10.9. The molecule has 0 saturated heterocycles. The number of fused-ring (bicyclic) bond motifs is 1. The zero-order valence-electron chi connectivity index (χ0n) is 8.14. The summed E-state index contributed by atoms with van der Waals surface area (Å²) in [5.74, 6) is 0.0485. The average Bonchev–Trinajstić information content (AvgIpc) is 2.27. The average molecular weight is 207 g/mol. The van der Waals surface area contributed by atoms with E-state index in [1.165, 1.54) is 10.5 Å². The van der Waals surface area contributed by atoms with Crippen LogP contribution in [0.15, 0.2) is 29.2 Å². The number of aldehydes is 1. The highest BCUT2D eigenvalue weighted by atomic mass is 32.2. The number of hydrogen-bond acceptors (Lipinski definition) is 3. The van der Waals surface area contributed by atoms with Crippen molar-refractivity contribution in [1.82, 2.24) is 4.31 Å². The highest BCUT2D eigenvalue weighted by Crippen LogP contribution is 2.36. The highest BCUT2D eigenvalue weighted by Gasteiger charge is 2.24. The molecule has 0 saturated carbocycles. The molecule has 1 aliphatic heterocycles. The minimum atomic E-state index is 0.0485. The standard InChI is InChI=1S/C11H13NOS/c1-2-12-7-9(8-13)10-5-3-4-6-11(10)14-12/h3-6,8-9H,2,7H2,1H3. The van der Waals surface area contributed by atoms with Crippen LogP contribution in [0.1, 0.15) is 18.4 Å². The summed E-state index contributed by atoms with van der Waals surface area (Å²) in [7, 11) is 0. The molecular weight excluding hydrogens is 194 g/mol. The van der Waals surface area contributed by atoms with E-state index in [0.717, 1.165) is 19.4 Å². The summed E-state index contributed by atoms with van der Waals surface area (Å²) in [6, 6.07) is 8.15. The largest absolute Gasteiger partial charge is 0.303 e. The lowest BCUT2D eigenvalue weighted by atomic mass is 10.0. The van der Waals surface area contributed by atoms with Gasteiger partial charge in [-0.3, -0.25) is 0 Å². The SMILES string of the molecule is CCN1CC(C=O)c2ccccc2S1. The van der Waals surface area contributed by atoms with Gasteiger partial charge in [0.05, 0.1) is 5.92 Å². The van der Waals surface area contributed by atoms with Gasteiger partial charge in [-0.25, -0.2) is 4.31 Å². The summed E-state index contributed by atoms with van der Waals surface area (Å²) < 4.78 is 2.22. The van der Waals surface area contributed by atoms with E-state index in [4.69, 9.17) is 0 Å². The summed E-state index contributed by atoms with van der Waals surface area (Å²) in [6.07, 6.45) is 1.06. The van der Waals surface area contributed by atoms with Gasteiger partial charge in [-0.15, -0.1) is 0 Å². The first-order chi connectivity index (χ1) is 6.85. The first-order valence-electron chi connectivity index (χ1n) is 4.82. The fraction of sp³-hybridized carbons (Fsp3) is 0.364. The summed E-state index contributed by atoms with van der Waals surface area (Å²) in [5, 5.41) is 0. The third-order valence-corrected chi connectivity index (χ3v) is 3.70. The number of carbonyl (C=O) groups excluding carboxylic acids is 1. The Labute approximate surface area is 88.4 Å². The molecule has 0 radical (unpaired) electrons. The molecular formula is C11H13NOS. The Bertz CT molecular complexity index is 340. The molecule has 3 heteroatoms. The van der Waals surface area contributed by atoms with Gasteiger partial charge in [0.1, 0.15) is 6.29 Å². The van der Waals surface area contributed by atoms with Crippen molar-refractivity contribution < 1.29 is 4.79 Å². The van der Waals surface area contributed by atoms with Gasteiger partial charge < -0.3 is 4.79 Å². The van der Waals surface area contributed by atoms with Gasteiger partial charge in [-0.1, -0.05) is 25.1 Å². The predicted molar refractivity (Wildman–Crippen MR) is 58.4 cm³/mol. The Balaban J connectivity index is 2.35. The zero-order chi connectivity index (χ0) is 9.97. The number of benzene rings is 1. The molecule has 0 amide bonds. The van der Waals surface area contributed by atoms with Crippen LogP contribution in [0, 0.1) is 0 Å². The Morgan fingerprint density at radius 1 is 1.57 bits per heavy atom. The van der Waals surface area contributed by atoms with E-state index in [1.807, 2.05) is 12.1 Å². The molecule has 74 valence electrons. The molecule has 1 unspecified atom stereocenters. The normalized spacial score (nSPS) is 21.6. The van der Waals surface area contributed by atoms with Crippen molar-refractivity contribution in [2.45, 2.75) is 17.7 Å². The second-order valence-electron chi connectivity index (χ2n) is 3.35. The van der Waals surface area contributed by atoms with Crippen molar-refractivity contribution in [2.75, 3.05) is 13.1 Å². The van der Waals surface area contributed by atoms with Gasteiger partial charge in [-0.05, 0) is 23.6 Å². The van der Waals surface area contributed by atoms with Gasteiger partial charge in [0, 0.05) is 18.0 Å². The second kappa shape index (κ2) is 4.15. The van der Waals surface area contributed by atoms with E-state index >= 15 is 0 Å². The zero-order valence-corrected chi connectivity index (χ0v) is 8.96. The lowest BCUT2D eigenvalue weighted by Crippen LogP contribution is -2.27. The van der Waals surface area contributed by atoms with E-state index < -0.39 is 0 Å². The summed E-state index contributed by atoms with van der Waals surface area (Å²) in [6.45, 7) is 3.92. The van der Waals surface area contributed by atoms with Gasteiger partial charge in [0.25, 0.3) is 0 Å². The summed E-state index contributed by atoms with van der Waals surface area (Å²) in [4.78, 5) is 12.2. The number of likely N-dealkylation sites (N-methyl/N-ethyl adjacent to an activating group) is 1. The van der Waals surface area contributed by atoms with E-state index in [9.17, 15) is 4.79 Å². The van der Waals surface area contributed by atoms with Crippen LogP contribution in [0.3, 0.4) is 0 Å². The van der Waals surface area contributed by atoms with Gasteiger partial charge in [-0.2, -0.15) is 0 Å². The molecule has 0 fully saturated rings. The molecule has 0 aromatic heterocycles. The maximum atomic E-state index is 10.9. The van der Waals surface area contributed by atoms with Crippen LogP contribution < -0.4 is 0 Å². The Morgan fingerprint density at radius 3 is 3.07 bits per heavy atom. The first kappa shape index (κ1) is 9.74. The van der Waals surface area contributed by atoms with Crippen molar-refractivity contribution in [2.24, 2.45) is 0 Å². The van der Waals surface area contributed by atoms with Crippen LogP contribution in [-0.4, -0.2) is 23.7 Å². The lowest BCUT2D eigenvalue weighted by molar-refractivity contribution is -0.109. The van der Waals surface area contributed by atoms with Crippen LogP contribution in [0.2, 0.25) is 0 Å². The number of hydrogen-bond donors (Lipinski definition) is 0. The monoisotopic (exact) mass is 207 g/mol. The van der Waals surface area contributed by atoms with Gasteiger partial charge in [0.15, 0.2) is 0 Å². The number of rotatable bonds is 2. The quantitative estimate of drug-likeness (QED) is 0.548. The Morgan fingerprint density at radius 2 is 2.36 bits per heavy atom. The fourth-order valence-corrected chi connectivity index (χ4v) is 2.78. The third kappa shape index (κ3) is 1.70. The number of carbonyl (C=O) groups is 1. The topological polar surface area (TPSA) is 20.3 Å². The summed E-state index contributed by atoms with van der Waals surface area (Å²) in [5.41, 5.74) is 1.18. The van der Waals surface area contributed by atoms with Crippen molar-refractivity contribution >= 4 is 18.2 Å². The van der Waals surface area contributed by atoms with E-state index in [-0.39, 0.29) is 5.92 Å². The predicted octanol–water partition coefficient (Wildman–Crippen LogP) is 2.31. The van der Waals surface area contributed by atoms with E-state index in [1.54, 1.807) is 11.9 Å². The molecule has 14 heavy (non-hydrogen) atoms. The Kier molecular flexibility index (Phi) is 2.89. The maximum Gasteiger partial charge on any atom is 0.128 e. The van der Waals surface area contributed by atoms with Crippen LogP contribution in [0.25, 0.3) is 0 Å². The molecule has 0 aliphatic carbocycles. The van der Waals surface area contributed by atoms with Crippen LogP contribution >= 0.6 is 11.9 Å². The highest BCUT2D eigenvalue weighted by molar-refractivity contribution is 7.97. The molecule has 1 aromatic rings. The van der Waals surface area contributed by atoms with Crippen LogP contribution in [0.5, 0.6) is 0 Å². The molecule has 1 aliphatic rings. The van der Waals surface area contributed by atoms with Crippen molar-refractivity contribution in [3.05, 3.63) is 29.8 Å². The minimum absolute atomic E-state index is 0.0485. The van der Waals surface area contributed by atoms with Gasteiger partial charge >= 0.3 is 0 Å². The van der Waals surface area contributed by atoms with Crippen molar-refractivity contribution in [3.8, 4) is 0 Å². The summed E-state index contributed by atoms with van der Waals surface area (Å²) >= 11 is 1.75. The Hall–Kier alpha value is -0.800. The second-order valence-corrected chi connectivity index (χ2v) is 4.49. The first-order valence-corrected chi connectivity index (χ1v) is 5.59. The minimum Gasteiger partial charge on any atom is -0.303 e. The van der Waals surface area contributed by atoms with Crippen LogP contribution in [-0.2, 0) is 4.79 Å².